The van der Waals surface area contributed by atoms with Gasteiger partial charge in [0.05, 0.1) is 23.6 Å². The van der Waals surface area contributed by atoms with E-state index in [1.165, 1.54) is 0 Å². The van der Waals surface area contributed by atoms with Gasteiger partial charge < -0.3 is 16.0 Å². The number of aliphatic imine (C=N–C) groups is 1. The molecule has 5 nitrogen and oxygen atoms in total. The number of hydrogen-bond acceptors (Lipinski definition) is 5. The molecule has 0 aromatic heterocycles. The Morgan fingerprint density at radius 1 is 1.16 bits per heavy atom. The van der Waals surface area contributed by atoms with Gasteiger partial charge in [0, 0.05) is 42.8 Å². The highest BCUT2D eigenvalue weighted by Crippen LogP contribution is 2.46. The number of carbonyl (C=O) groups is 1. The first-order chi connectivity index (χ1) is 14.7. The van der Waals surface area contributed by atoms with Crippen molar-refractivity contribution in [3.8, 4) is 0 Å². The average molecular weight is 427 g/mol. The summed E-state index contributed by atoms with van der Waals surface area (Å²) in [5.41, 5.74) is 9.28. The maximum absolute atomic E-state index is 13.6. The molecule has 1 saturated heterocycles. The van der Waals surface area contributed by atoms with Crippen LogP contribution >= 0.6 is 0 Å². The molecule has 2 fully saturated rings. The number of nitrogens with two attached hydrogens (primary N) is 1. The number of rotatable bonds is 5. The number of nitrogens with one attached hydrogen (secondary N) is 1. The fourth-order valence-electron chi connectivity index (χ4n) is 4.62. The second-order valence-corrected chi connectivity index (χ2v) is 8.48. The van der Waals surface area contributed by atoms with Crippen LogP contribution in [-0.2, 0) is 0 Å². The third kappa shape index (κ3) is 4.06. The number of alkyl halides is 2. The van der Waals surface area contributed by atoms with E-state index in [1.807, 2.05) is 12.1 Å². The molecule has 0 amide bonds. The van der Waals surface area contributed by atoms with Crippen molar-refractivity contribution in [2.45, 2.75) is 43.6 Å². The van der Waals surface area contributed by atoms with Gasteiger partial charge in [-0.3, -0.25) is 9.79 Å². The highest BCUT2D eigenvalue weighted by atomic mass is 19.3. The third-order valence-corrected chi connectivity index (χ3v) is 6.53. The fourth-order valence-corrected chi connectivity index (χ4v) is 4.62. The molecule has 1 aromatic carbocycles. The molecule has 164 valence electrons. The van der Waals surface area contributed by atoms with E-state index in [0.29, 0.717) is 23.6 Å². The van der Waals surface area contributed by atoms with Gasteiger partial charge in [0.2, 0.25) is 5.92 Å². The summed E-state index contributed by atoms with van der Waals surface area (Å²) in [5, 5.41) is 3.24. The van der Waals surface area contributed by atoms with Crippen LogP contribution in [-0.4, -0.2) is 47.5 Å². The summed E-state index contributed by atoms with van der Waals surface area (Å²) in [6, 6.07) is 7.42. The lowest BCUT2D eigenvalue weighted by atomic mass is 9.78. The van der Waals surface area contributed by atoms with Crippen LogP contribution in [0.2, 0.25) is 0 Å². The van der Waals surface area contributed by atoms with Gasteiger partial charge in [-0.25, -0.2) is 8.78 Å². The fraction of sp³-hybridized carbons (Fsp3) is 0.417. The number of carbonyl (C=O) groups excluding carboxylic acids is 1. The van der Waals surface area contributed by atoms with Crippen LogP contribution in [0.3, 0.4) is 0 Å². The lowest BCUT2D eigenvalue weighted by molar-refractivity contribution is -0.0485. The number of ketones is 1. The molecular weight excluding hydrogens is 398 g/mol. The maximum Gasteiger partial charge on any atom is 0.248 e. The smallest absolute Gasteiger partial charge is 0.248 e. The molecule has 1 aromatic rings. The van der Waals surface area contributed by atoms with E-state index < -0.39 is 11.5 Å². The van der Waals surface area contributed by atoms with Crippen molar-refractivity contribution in [2.24, 2.45) is 10.7 Å². The molecule has 1 spiro atoms. The zero-order valence-electron chi connectivity index (χ0n) is 17.6. The molecule has 0 unspecified atom stereocenters. The summed E-state index contributed by atoms with van der Waals surface area (Å²) in [6.45, 7) is 9.32. The van der Waals surface area contributed by atoms with Crippen molar-refractivity contribution in [1.82, 2.24) is 10.2 Å². The molecule has 3 aliphatic rings. The van der Waals surface area contributed by atoms with Crippen LogP contribution in [0, 0.1) is 0 Å². The van der Waals surface area contributed by atoms with Crippen LogP contribution in [0.5, 0.6) is 0 Å². The first kappa shape index (κ1) is 21.4. The SMILES string of the molecule is C=C1NC2(CCC(F)(F)CC2)C(=C)N1CC(=O)c1ccc(C2=CCCN=C2CN)cc1. The quantitative estimate of drug-likeness (QED) is 0.701. The Kier molecular flexibility index (Phi) is 5.56. The largest absolute Gasteiger partial charge is 0.361 e. The zero-order chi connectivity index (χ0) is 22.2. The van der Waals surface area contributed by atoms with Crippen molar-refractivity contribution in [1.29, 1.82) is 0 Å². The number of dihydropyridines is 1. The summed E-state index contributed by atoms with van der Waals surface area (Å²) in [4.78, 5) is 19.1. The Labute approximate surface area is 181 Å². The van der Waals surface area contributed by atoms with Gasteiger partial charge in [0.25, 0.3) is 0 Å². The number of nitrogens with zero attached hydrogens (tertiary/aromatic N) is 2. The van der Waals surface area contributed by atoms with E-state index in [2.05, 4.69) is 29.5 Å². The molecule has 2 aliphatic heterocycles. The molecule has 7 heteroatoms. The Morgan fingerprint density at radius 3 is 2.48 bits per heavy atom. The molecule has 0 bridgehead atoms. The topological polar surface area (TPSA) is 70.7 Å². The van der Waals surface area contributed by atoms with Gasteiger partial charge in [0.1, 0.15) is 0 Å². The molecule has 0 atom stereocenters. The minimum Gasteiger partial charge on any atom is -0.361 e. The summed E-state index contributed by atoms with van der Waals surface area (Å²) in [7, 11) is 0. The summed E-state index contributed by atoms with van der Waals surface area (Å²) < 4.78 is 27.3. The van der Waals surface area contributed by atoms with E-state index in [-0.39, 0.29) is 38.0 Å². The molecular formula is C24H28F2N4O. The average Bonchev–Trinajstić information content (AvgIpc) is 3.00. The Hall–Kier alpha value is -2.80. The van der Waals surface area contributed by atoms with E-state index >= 15 is 0 Å². The number of Topliss-reactive ketones (excluding diaryl/α,β-unsaturated/α-hetero) is 1. The van der Waals surface area contributed by atoms with Crippen LogP contribution in [0.4, 0.5) is 8.78 Å². The standard InChI is InChI=1S/C24H28F2N4O/c1-16-23(9-11-24(25,26)12-10-23)29-17(2)30(16)15-22(31)19-7-5-18(6-8-19)20-4-3-13-28-21(20)14-27/h4-8,29H,1-3,9-15,27H2. The lowest BCUT2D eigenvalue weighted by Crippen LogP contribution is -2.46. The molecule has 4 rings (SSSR count). The van der Waals surface area contributed by atoms with E-state index in [1.54, 1.807) is 17.0 Å². The van der Waals surface area contributed by atoms with Crippen molar-refractivity contribution in [3.63, 3.8) is 0 Å². The zero-order valence-corrected chi connectivity index (χ0v) is 17.6. The molecule has 2 heterocycles. The van der Waals surface area contributed by atoms with Crippen molar-refractivity contribution in [2.75, 3.05) is 19.6 Å². The minimum absolute atomic E-state index is 0.0698. The molecule has 31 heavy (non-hydrogen) atoms. The van der Waals surface area contributed by atoms with E-state index in [4.69, 9.17) is 5.73 Å². The second kappa shape index (κ2) is 8.04. The van der Waals surface area contributed by atoms with Gasteiger partial charge in [-0.05, 0) is 24.8 Å². The maximum atomic E-state index is 13.6. The second-order valence-electron chi connectivity index (χ2n) is 8.48. The minimum atomic E-state index is -2.64. The number of benzene rings is 1. The third-order valence-electron chi connectivity index (χ3n) is 6.53. The highest BCUT2D eigenvalue weighted by molar-refractivity contribution is 6.25. The van der Waals surface area contributed by atoms with E-state index in [9.17, 15) is 13.6 Å². The van der Waals surface area contributed by atoms with Crippen molar-refractivity contribution in [3.05, 3.63) is 66.1 Å². The highest BCUT2D eigenvalue weighted by Gasteiger charge is 2.50. The summed E-state index contributed by atoms with van der Waals surface area (Å²) in [6.07, 6.45) is 3.16. The molecule has 1 aliphatic carbocycles. The molecule has 3 N–H and O–H groups in total. The predicted molar refractivity (Wildman–Crippen MR) is 119 cm³/mol. The lowest BCUT2D eigenvalue weighted by Gasteiger charge is -2.37. The Bertz CT molecular complexity index is 968. The van der Waals surface area contributed by atoms with Crippen LogP contribution in [0.15, 0.2) is 60.0 Å². The van der Waals surface area contributed by atoms with Gasteiger partial charge in [-0.1, -0.05) is 43.5 Å². The Morgan fingerprint density at radius 2 is 1.84 bits per heavy atom. The summed E-state index contributed by atoms with van der Waals surface area (Å²) >= 11 is 0. The summed E-state index contributed by atoms with van der Waals surface area (Å²) in [5.74, 6) is -2.18. The van der Waals surface area contributed by atoms with Crippen LogP contribution in [0.1, 0.15) is 48.0 Å². The predicted octanol–water partition coefficient (Wildman–Crippen LogP) is 3.89. The van der Waals surface area contributed by atoms with Gasteiger partial charge in [-0.15, -0.1) is 0 Å². The molecule has 1 saturated carbocycles. The normalized spacial score (nSPS) is 22.2. The van der Waals surface area contributed by atoms with Crippen molar-refractivity contribution < 1.29 is 13.6 Å². The van der Waals surface area contributed by atoms with Crippen molar-refractivity contribution >= 4 is 17.1 Å². The number of hydrogen-bond donors (Lipinski definition) is 2. The molecule has 0 radical (unpaired) electrons. The monoisotopic (exact) mass is 426 g/mol. The van der Waals surface area contributed by atoms with Crippen LogP contribution < -0.4 is 11.1 Å². The van der Waals surface area contributed by atoms with Gasteiger partial charge in [0.15, 0.2) is 5.78 Å². The van der Waals surface area contributed by atoms with E-state index in [0.717, 1.165) is 29.8 Å². The number of halogens is 2. The van der Waals surface area contributed by atoms with Gasteiger partial charge >= 0.3 is 0 Å². The first-order valence-electron chi connectivity index (χ1n) is 10.6. The first-order valence-corrected chi connectivity index (χ1v) is 10.6. The van der Waals surface area contributed by atoms with Crippen LogP contribution in [0.25, 0.3) is 5.57 Å². The van der Waals surface area contributed by atoms with Gasteiger partial charge in [-0.2, -0.15) is 0 Å². The Balaban J connectivity index is 1.45.